The number of hydrogen-bond donors (Lipinski definition) is 1. The Morgan fingerprint density at radius 3 is 2.77 bits per heavy atom. The van der Waals surface area contributed by atoms with Crippen LogP contribution in [0.15, 0.2) is 24.4 Å². The van der Waals surface area contributed by atoms with Crippen molar-refractivity contribution in [3.8, 4) is 11.8 Å². The topological polar surface area (TPSA) is 89.0 Å². The third-order valence-corrected chi connectivity index (χ3v) is 3.37. The van der Waals surface area contributed by atoms with Gasteiger partial charge in [0.2, 0.25) is 0 Å². The van der Waals surface area contributed by atoms with E-state index >= 15 is 0 Å². The van der Waals surface area contributed by atoms with Gasteiger partial charge in [-0.25, -0.2) is 9.37 Å². The molecule has 0 atom stereocenters. The van der Waals surface area contributed by atoms with Crippen molar-refractivity contribution in [1.82, 2.24) is 4.98 Å². The standard InChI is InChI=1S/C16H14FN3O2/c1-9-5-10(7-18)3-4-11(9)6-12-13(22-2)8-20-15(14(12)17)16(19)21/h3-5,8H,6H2,1-2H3,(H2,19,21). The molecule has 0 unspecified atom stereocenters. The van der Waals surface area contributed by atoms with Gasteiger partial charge >= 0.3 is 0 Å². The number of aromatic nitrogens is 1. The molecule has 0 saturated carbocycles. The number of benzene rings is 1. The molecule has 22 heavy (non-hydrogen) atoms. The number of ether oxygens (including phenoxy) is 1. The van der Waals surface area contributed by atoms with Gasteiger partial charge in [0.05, 0.1) is 24.9 Å². The molecule has 0 aliphatic rings. The Kier molecular flexibility index (Phi) is 4.37. The Hall–Kier alpha value is -2.94. The van der Waals surface area contributed by atoms with E-state index in [0.717, 1.165) is 11.1 Å². The van der Waals surface area contributed by atoms with E-state index in [1.54, 1.807) is 18.2 Å². The molecule has 5 nitrogen and oxygen atoms in total. The number of rotatable bonds is 4. The Morgan fingerprint density at radius 2 is 2.23 bits per heavy atom. The Morgan fingerprint density at radius 1 is 1.50 bits per heavy atom. The van der Waals surface area contributed by atoms with E-state index in [2.05, 4.69) is 4.98 Å². The van der Waals surface area contributed by atoms with Gasteiger partial charge in [-0.2, -0.15) is 5.26 Å². The molecule has 6 heteroatoms. The van der Waals surface area contributed by atoms with Crippen LogP contribution in [-0.4, -0.2) is 18.0 Å². The fourth-order valence-corrected chi connectivity index (χ4v) is 2.18. The lowest BCUT2D eigenvalue weighted by Gasteiger charge is -2.12. The van der Waals surface area contributed by atoms with Crippen molar-refractivity contribution in [2.45, 2.75) is 13.3 Å². The van der Waals surface area contributed by atoms with Gasteiger partial charge in [0.1, 0.15) is 5.75 Å². The molecule has 2 rings (SSSR count). The van der Waals surface area contributed by atoms with Gasteiger partial charge in [0.15, 0.2) is 11.5 Å². The van der Waals surface area contributed by atoms with Crippen molar-refractivity contribution in [2.24, 2.45) is 5.73 Å². The molecule has 1 heterocycles. The van der Waals surface area contributed by atoms with E-state index in [4.69, 9.17) is 15.7 Å². The second kappa shape index (κ2) is 6.22. The molecule has 0 aliphatic heterocycles. The summed E-state index contributed by atoms with van der Waals surface area (Å²) in [6.45, 7) is 1.83. The van der Waals surface area contributed by atoms with Gasteiger partial charge in [-0.1, -0.05) is 6.07 Å². The number of halogens is 1. The number of pyridine rings is 1. The zero-order valence-corrected chi connectivity index (χ0v) is 12.2. The Bertz CT molecular complexity index is 782. The summed E-state index contributed by atoms with van der Waals surface area (Å²) >= 11 is 0. The molecule has 1 aromatic heterocycles. The first-order valence-electron chi connectivity index (χ1n) is 6.48. The van der Waals surface area contributed by atoms with E-state index in [1.807, 2.05) is 13.0 Å². The van der Waals surface area contributed by atoms with Gasteiger partial charge in [-0.05, 0) is 30.2 Å². The summed E-state index contributed by atoms with van der Waals surface area (Å²) in [7, 11) is 1.40. The minimum absolute atomic E-state index is 0.204. The average Bonchev–Trinajstić information content (AvgIpc) is 2.50. The number of nitrogens with zero attached hydrogens (tertiary/aromatic N) is 2. The van der Waals surface area contributed by atoms with Crippen LogP contribution in [0.4, 0.5) is 4.39 Å². The quantitative estimate of drug-likeness (QED) is 0.936. The predicted molar refractivity (Wildman–Crippen MR) is 78.0 cm³/mol. The molecule has 2 N–H and O–H groups in total. The summed E-state index contributed by atoms with van der Waals surface area (Å²) in [4.78, 5) is 14.9. The van der Waals surface area contributed by atoms with Crippen LogP contribution < -0.4 is 10.5 Å². The first-order chi connectivity index (χ1) is 10.5. The lowest BCUT2D eigenvalue weighted by molar-refractivity contribution is 0.0991. The molecule has 112 valence electrons. The Labute approximate surface area is 127 Å². The van der Waals surface area contributed by atoms with Crippen molar-refractivity contribution in [1.29, 1.82) is 5.26 Å². The summed E-state index contributed by atoms with van der Waals surface area (Å²) in [5, 5.41) is 8.88. The number of nitriles is 1. The summed E-state index contributed by atoms with van der Waals surface area (Å²) in [5.41, 5.74) is 7.10. The molecular formula is C16H14FN3O2. The van der Waals surface area contributed by atoms with Crippen LogP contribution in [0.2, 0.25) is 0 Å². The first kappa shape index (κ1) is 15.4. The van der Waals surface area contributed by atoms with Gasteiger partial charge in [0.25, 0.3) is 5.91 Å². The molecule has 0 radical (unpaired) electrons. The van der Waals surface area contributed by atoms with Crippen molar-refractivity contribution in [3.05, 3.63) is 58.2 Å². The predicted octanol–water partition coefficient (Wildman–Crippen LogP) is 2.10. The second-order valence-corrected chi connectivity index (χ2v) is 4.76. The van der Waals surface area contributed by atoms with E-state index < -0.39 is 17.4 Å². The number of primary amides is 1. The second-order valence-electron chi connectivity index (χ2n) is 4.76. The molecule has 0 saturated heterocycles. The highest BCUT2D eigenvalue weighted by Crippen LogP contribution is 2.26. The zero-order valence-electron chi connectivity index (χ0n) is 12.2. The SMILES string of the molecule is COc1cnc(C(N)=O)c(F)c1Cc1ccc(C#N)cc1C. The lowest BCUT2D eigenvalue weighted by Crippen LogP contribution is -2.17. The highest BCUT2D eigenvalue weighted by molar-refractivity contribution is 5.91. The highest BCUT2D eigenvalue weighted by atomic mass is 19.1. The molecule has 0 aliphatic carbocycles. The summed E-state index contributed by atoms with van der Waals surface area (Å²) in [5.74, 6) is -1.47. The van der Waals surface area contributed by atoms with Crippen molar-refractivity contribution in [3.63, 3.8) is 0 Å². The van der Waals surface area contributed by atoms with Crippen molar-refractivity contribution in [2.75, 3.05) is 7.11 Å². The summed E-state index contributed by atoms with van der Waals surface area (Å²) in [6.07, 6.45) is 1.48. The number of nitrogens with two attached hydrogens (primary N) is 1. The van der Waals surface area contributed by atoms with Crippen LogP contribution in [0.1, 0.15) is 32.7 Å². The average molecular weight is 299 g/mol. The monoisotopic (exact) mass is 299 g/mol. The smallest absolute Gasteiger partial charge is 0.270 e. The molecular weight excluding hydrogens is 285 g/mol. The number of hydrogen-bond acceptors (Lipinski definition) is 4. The number of carbonyl (C=O) groups excluding carboxylic acids is 1. The van der Waals surface area contributed by atoms with Crippen LogP contribution in [-0.2, 0) is 6.42 Å². The molecule has 1 aromatic carbocycles. The fraction of sp³-hybridized carbons (Fsp3) is 0.188. The normalized spacial score (nSPS) is 10.1. The van der Waals surface area contributed by atoms with Gasteiger partial charge < -0.3 is 10.5 Å². The van der Waals surface area contributed by atoms with E-state index in [1.165, 1.54) is 13.3 Å². The maximum absolute atomic E-state index is 14.4. The van der Waals surface area contributed by atoms with Gasteiger partial charge in [0, 0.05) is 12.0 Å². The molecule has 2 aromatic rings. The summed E-state index contributed by atoms with van der Waals surface area (Å²) in [6, 6.07) is 7.17. The molecule has 0 spiro atoms. The number of aryl methyl sites for hydroxylation is 1. The first-order valence-corrected chi connectivity index (χ1v) is 6.48. The lowest BCUT2D eigenvalue weighted by atomic mass is 9.98. The zero-order chi connectivity index (χ0) is 16.3. The number of amides is 1. The minimum Gasteiger partial charge on any atom is -0.495 e. The van der Waals surface area contributed by atoms with Crippen LogP contribution in [0.3, 0.4) is 0 Å². The van der Waals surface area contributed by atoms with Crippen molar-refractivity contribution >= 4 is 5.91 Å². The van der Waals surface area contributed by atoms with E-state index in [0.29, 0.717) is 5.56 Å². The van der Waals surface area contributed by atoms with Gasteiger partial charge in [-0.3, -0.25) is 4.79 Å². The summed E-state index contributed by atoms with van der Waals surface area (Å²) < 4.78 is 19.5. The van der Waals surface area contributed by atoms with Crippen molar-refractivity contribution < 1.29 is 13.9 Å². The van der Waals surface area contributed by atoms with Crippen LogP contribution >= 0.6 is 0 Å². The van der Waals surface area contributed by atoms with Crippen LogP contribution in [0, 0.1) is 24.1 Å². The molecule has 0 fully saturated rings. The largest absolute Gasteiger partial charge is 0.495 e. The van der Waals surface area contributed by atoms with Crippen LogP contribution in [0.5, 0.6) is 5.75 Å². The van der Waals surface area contributed by atoms with Crippen LogP contribution in [0.25, 0.3) is 0 Å². The molecule has 0 bridgehead atoms. The van der Waals surface area contributed by atoms with E-state index in [-0.39, 0.29) is 17.7 Å². The number of methoxy groups -OCH3 is 1. The highest BCUT2D eigenvalue weighted by Gasteiger charge is 2.19. The minimum atomic E-state index is -0.932. The number of carbonyl (C=O) groups is 1. The maximum atomic E-state index is 14.4. The van der Waals surface area contributed by atoms with E-state index in [9.17, 15) is 9.18 Å². The molecule has 1 amide bonds. The maximum Gasteiger partial charge on any atom is 0.270 e. The van der Waals surface area contributed by atoms with Gasteiger partial charge in [-0.15, -0.1) is 0 Å². The fourth-order valence-electron chi connectivity index (χ4n) is 2.18. The third kappa shape index (κ3) is 2.88. The Balaban J connectivity index is 2.51. The third-order valence-electron chi connectivity index (χ3n) is 3.37.